The summed E-state index contributed by atoms with van der Waals surface area (Å²) in [7, 11) is 0. The summed E-state index contributed by atoms with van der Waals surface area (Å²) in [6, 6.07) is 19.6. The van der Waals surface area contributed by atoms with Crippen LogP contribution in [0, 0.1) is 11.8 Å². The Labute approximate surface area is 187 Å². The smallest absolute Gasteiger partial charge is 0.355 e. The van der Waals surface area contributed by atoms with E-state index in [0.29, 0.717) is 11.8 Å². The van der Waals surface area contributed by atoms with E-state index in [4.69, 9.17) is 9.47 Å². The number of para-hydroxylation sites is 2. The van der Waals surface area contributed by atoms with Gasteiger partial charge in [-0.25, -0.2) is 4.74 Å². The highest BCUT2D eigenvalue weighted by molar-refractivity contribution is 5.82. The number of hydrogen-bond donors (Lipinski definition) is 0. The molecule has 7 rings (SSSR count). The molecule has 2 aromatic carbocycles. The minimum absolute atomic E-state index is 0.0607. The molecule has 0 amide bonds. The zero-order valence-electron chi connectivity index (χ0n) is 17.7. The van der Waals surface area contributed by atoms with Gasteiger partial charge in [0.2, 0.25) is 11.4 Å². The highest BCUT2D eigenvalue weighted by Gasteiger charge is 2.67. The van der Waals surface area contributed by atoms with Gasteiger partial charge in [0.05, 0.1) is 5.57 Å². The normalized spacial score (nSPS) is 31.6. The van der Waals surface area contributed by atoms with Crippen molar-refractivity contribution in [2.45, 2.75) is 25.0 Å². The molecule has 1 spiro atoms. The fourth-order valence-electron chi connectivity index (χ4n) is 5.49. The first kappa shape index (κ1) is 18.1. The third kappa shape index (κ3) is 2.59. The van der Waals surface area contributed by atoms with E-state index in [9.17, 15) is 0 Å². The molecule has 3 heterocycles. The van der Waals surface area contributed by atoms with Crippen molar-refractivity contribution in [3.8, 4) is 0 Å². The number of nitrogens with zero attached hydrogens (tertiary/aromatic N) is 2. The van der Waals surface area contributed by atoms with Crippen LogP contribution in [0.3, 0.4) is 0 Å². The summed E-state index contributed by atoms with van der Waals surface area (Å²) in [4.78, 5) is 0. The van der Waals surface area contributed by atoms with Crippen molar-refractivity contribution in [3.63, 3.8) is 0 Å². The molecule has 0 saturated carbocycles. The lowest BCUT2D eigenvalue weighted by Crippen LogP contribution is -2.60. The van der Waals surface area contributed by atoms with E-state index in [1.54, 1.807) is 0 Å². The highest BCUT2D eigenvalue weighted by Crippen LogP contribution is 2.46. The number of fused-ring (bicyclic) bond motifs is 1. The first-order valence-electron chi connectivity index (χ1n) is 11.4. The maximum Gasteiger partial charge on any atom is 0.668 e. The summed E-state index contributed by atoms with van der Waals surface area (Å²) in [5, 5.41) is 0. The number of ether oxygens (including phenoxy) is 2. The Bertz CT molecular complexity index is 1280. The lowest BCUT2D eigenvalue weighted by molar-refractivity contribution is -0.879. The maximum atomic E-state index is 7.08. The summed E-state index contributed by atoms with van der Waals surface area (Å²) < 4.78 is 18.3. The molecule has 2 aromatic rings. The van der Waals surface area contributed by atoms with E-state index in [2.05, 4.69) is 100 Å². The molecule has 0 aromatic heterocycles. The Morgan fingerprint density at radius 3 is 2.31 bits per heavy atom. The monoisotopic (exact) mass is 420 g/mol. The Kier molecular flexibility index (Phi) is 3.82. The standard InChI is InChI=1S/C28H24N2O2/c1-3-10-24(11-4-1)29-18-22-15-14-20-16-21-8-7-9-23-19-30(25-12-5-2-6-13-25)28(29,32-27(21)23)31-26(22)17-20/h1-15,18-21,27H,16-17H2/q+2/t20?,21?,27?,28-/m0/s1. The summed E-state index contributed by atoms with van der Waals surface area (Å²) in [6.45, 7) is 0. The fraction of sp³-hybridized carbons (Fsp3) is 0.214. The Balaban J connectivity index is 1.54. The largest absolute Gasteiger partial charge is 0.668 e. The molecule has 3 unspecified atom stereocenters. The van der Waals surface area contributed by atoms with Gasteiger partial charge in [0.25, 0.3) is 0 Å². The molecule has 1 fully saturated rings. The van der Waals surface area contributed by atoms with Crippen LogP contribution in [0.15, 0.2) is 108 Å². The molecule has 5 aliphatic rings. The van der Waals surface area contributed by atoms with Crippen LogP contribution in [0.25, 0.3) is 0 Å². The second kappa shape index (κ2) is 6.75. The summed E-state index contributed by atoms with van der Waals surface area (Å²) >= 11 is 0. The second-order valence-corrected chi connectivity index (χ2v) is 9.01. The van der Waals surface area contributed by atoms with Crippen LogP contribution in [-0.4, -0.2) is 33.7 Å². The predicted molar refractivity (Wildman–Crippen MR) is 123 cm³/mol. The van der Waals surface area contributed by atoms with Gasteiger partial charge in [-0.15, -0.1) is 0 Å². The first-order valence-corrected chi connectivity index (χ1v) is 11.4. The zero-order valence-corrected chi connectivity index (χ0v) is 17.7. The highest BCUT2D eigenvalue weighted by atomic mass is 16.7. The molecule has 4 nitrogen and oxygen atoms in total. The van der Waals surface area contributed by atoms with E-state index < -0.39 is 6.03 Å². The van der Waals surface area contributed by atoms with E-state index >= 15 is 0 Å². The Morgan fingerprint density at radius 1 is 0.844 bits per heavy atom. The van der Waals surface area contributed by atoms with Gasteiger partial charge in [0.15, 0.2) is 12.4 Å². The lowest BCUT2D eigenvalue weighted by atomic mass is 9.81. The molecule has 0 radical (unpaired) electrons. The zero-order chi connectivity index (χ0) is 21.1. The van der Waals surface area contributed by atoms with Crippen molar-refractivity contribution in [2.75, 3.05) is 0 Å². The number of allylic oxidation sites excluding steroid dienone is 6. The van der Waals surface area contributed by atoms with Crippen molar-refractivity contribution in [1.82, 2.24) is 0 Å². The van der Waals surface area contributed by atoms with Crippen molar-refractivity contribution in [2.24, 2.45) is 11.8 Å². The van der Waals surface area contributed by atoms with Gasteiger partial charge in [0.1, 0.15) is 11.9 Å². The van der Waals surface area contributed by atoms with E-state index in [1.165, 1.54) is 5.57 Å². The average molecular weight is 421 g/mol. The first-order chi connectivity index (χ1) is 15.8. The van der Waals surface area contributed by atoms with E-state index in [-0.39, 0.29) is 6.10 Å². The Hall–Kier alpha value is -3.50. The van der Waals surface area contributed by atoms with Crippen molar-refractivity contribution in [1.29, 1.82) is 0 Å². The summed E-state index contributed by atoms with van der Waals surface area (Å²) in [5.41, 5.74) is 4.36. The van der Waals surface area contributed by atoms with Crippen LogP contribution in [0.1, 0.15) is 12.8 Å². The second-order valence-electron chi connectivity index (χ2n) is 9.01. The molecule has 4 heteroatoms. The van der Waals surface area contributed by atoms with Gasteiger partial charge in [0, 0.05) is 42.2 Å². The van der Waals surface area contributed by atoms with Crippen molar-refractivity contribution < 1.29 is 18.6 Å². The van der Waals surface area contributed by atoms with Gasteiger partial charge in [-0.2, -0.15) is 0 Å². The SMILES string of the molecule is C1=CC2CC3C=CC4=C(C3)O[C@]3(OC2C(=C1)C=[N+]3c1ccccc1)[N+](c1ccccc1)=C4. The van der Waals surface area contributed by atoms with Crippen molar-refractivity contribution in [3.05, 3.63) is 108 Å². The molecule has 156 valence electrons. The number of rotatable bonds is 2. The molecule has 3 aliphatic heterocycles. The van der Waals surface area contributed by atoms with Crippen LogP contribution in [-0.2, 0) is 9.47 Å². The molecular weight excluding hydrogens is 396 g/mol. The van der Waals surface area contributed by atoms with Crippen LogP contribution < -0.4 is 0 Å². The molecular formula is C28H24N2O2+2. The van der Waals surface area contributed by atoms with Crippen LogP contribution in [0.4, 0.5) is 11.4 Å². The van der Waals surface area contributed by atoms with Crippen LogP contribution >= 0.6 is 0 Å². The van der Waals surface area contributed by atoms with Gasteiger partial charge < -0.3 is 4.74 Å². The lowest BCUT2D eigenvalue weighted by Gasteiger charge is -2.36. The van der Waals surface area contributed by atoms with E-state index in [0.717, 1.165) is 35.5 Å². The third-order valence-electron chi connectivity index (χ3n) is 7.02. The molecule has 4 bridgehead atoms. The molecule has 32 heavy (non-hydrogen) atoms. The van der Waals surface area contributed by atoms with Gasteiger partial charge in [-0.3, -0.25) is 0 Å². The molecule has 2 aliphatic carbocycles. The quantitative estimate of drug-likeness (QED) is 0.624. The summed E-state index contributed by atoms with van der Waals surface area (Å²) in [6.07, 6.45) is 17.5. The molecule has 4 atom stereocenters. The topological polar surface area (TPSA) is 24.5 Å². The van der Waals surface area contributed by atoms with E-state index in [1.807, 2.05) is 12.1 Å². The third-order valence-corrected chi connectivity index (χ3v) is 7.02. The number of hydrogen-bond acceptors (Lipinski definition) is 2. The van der Waals surface area contributed by atoms with Gasteiger partial charge >= 0.3 is 6.03 Å². The maximum absolute atomic E-state index is 7.08. The molecule has 0 N–H and O–H groups in total. The van der Waals surface area contributed by atoms with Crippen LogP contribution in [0.5, 0.6) is 0 Å². The van der Waals surface area contributed by atoms with Gasteiger partial charge in [-0.05, 0) is 18.4 Å². The molecule has 1 saturated heterocycles. The van der Waals surface area contributed by atoms with Crippen LogP contribution in [0.2, 0.25) is 0 Å². The minimum Gasteiger partial charge on any atom is -0.355 e. The van der Waals surface area contributed by atoms with Crippen molar-refractivity contribution >= 4 is 23.8 Å². The van der Waals surface area contributed by atoms with Gasteiger partial charge in [-0.1, -0.05) is 69.9 Å². The fourth-order valence-corrected chi connectivity index (χ4v) is 5.49. The Morgan fingerprint density at radius 2 is 1.56 bits per heavy atom. The minimum atomic E-state index is -1.13. The number of benzene rings is 2. The predicted octanol–water partition coefficient (Wildman–Crippen LogP) is 5.20. The summed E-state index contributed by atoms with van der Waals surface area (Å²) in [5.74, 6) is 1.76. The average Bonchev–Trinajstić information content (AvgIpc) is 2.86.